The summed E-state index contributed by atoms with van der Waals surface area (Å²) in [7, 11) is 0. The summed E-state index contributed by atoms with van der Waals surface area (Å²) in [5.41, 5.74) is 2.49. The van der Waals surface area contributed by atoms with Gasteiger partial charge in [-0.1, -0.05) is 34.5 Å². The van der Waals surface area contributed by atoms with E-state index in [1.807, 2.05) is 23.7 Å². The van der Waals surface area contributed by atoms with E-state index in [1.54, 1.807) is 12.1 Å². The molecular weight excluding hydrogens is 340 g/mol. The fourth-order valence-corrected chi connectivity index (χ4v) is 2.66. The van der Waals surface area contributed by atoms with Gasteiger partial charge < -0.3 is 0 Å². The van der Waals surface area contributed by atoms with Crippen molar-refractivity contribution in [1.82, 2.24) is 9.78 Å². The maximum Gasteiger partial charge on any atom is 0.170 e. The van der Waals surface area contributed by atoms with Crippen LogP contribution in [0.5, 0.6) is 0 Å². The van der Waals surface area contributed by atoms with Gasteiger partial charge >= 0.3 is 0 Å². The molecule has 106 valence electrons. The first kappa shape index (κ1) is 15.3. The summed E-state index contributed by atoms with van der Waals surface area (Å²) in [6.45, 7) is 4.83. The second-order valence-electron chi connectivity index (χ2n) is 4.52. The molecule has 1 aromatic heterocycles. The summed E-state index contributed by atoms with van der Waals surface area (Å²) < 4.78 is 2.73. The van der Waals surface area contributed by atoms with Crippen LogP contribution >= 0.6 is 27.5 Å². The Kier molecular flexibility index (Phi) is 5.00. The molecule has 1 aromatic carbocycles. The van der Waals surface area contributed by atoms with Gasteiger partial charge in [0.15, 0.2) is 5.78 Å². The standard InChI is InChI=1S/C15H16BrClN2O/c1-3-11-8-12(19(4-2)18-11)9-15(20)13-7-10(16)5-6-14(13)17/h5-8H,3-4,9H2,1-2H3. The third-order valence-electron chi connectivity index (χ3n) is 3.15. The van der Waals surface area contributed by atoms with Crippen LogP contribution in [-0.4, -0.2) is 15.6 Å². The number of aryl methyl sites for hydroxylation is 2. The number of hydrogen-bond donors (Lipinski definition) is 0. The summed E-state index contributed by atoms with van der Waals surface area (Å²) in [6, 6.07) is 7.31. The van der Waals surface area contributed by atoms with Crippen molar-refractivity contribution in [2.24, 2.45) is 0 Å². The van der Waals surface area contributed by atoms with Crippen molar-refractivity contribution in [3.05, 3.63) is 50.7 Å². The monoisotopic (exact) mass is 354 g/mol. The van der Waals surface area contributed by atoms with Gasteiger partial charge in [-0.2, -0.15) is 5.10 Å². The number of hydrogen-bond acceptors (Lipinski definition) is 2. The van der Waals surface area contributed by atoms with Crippen molar-refractivity contribution in [3.63, 3.8) is 0 Å². The highest BCUT2D eigenvalue weighted by molar-refractivity contribution is 9.10. The maximum absolute atomic E-state index is 12.4. The molecule has 0 bridgehead atoms. The molecule has 0 N–H and O–H groups in total. The molecule has 3 nitrogen and oxygen atoms in total. The second kappa shape index (κ2) is 6.55. The van der Waals surface area contributed by atoms with Crippen molar-refractivity contribution in [2.45, 2.75) is 33.2 Å². The lowest BCUT2D eigenvalue weighted by Crippen LogP contribution is -2.10. The number of carbonyl (C=O) groups excluding carboxylic acids is 1. The Morgan fingerprint density at radius 2 is 2.10 bits per heavy atom. The normalized spacial score (nSPS) is 10.8. The zero-order valence-corrected chi connectivity index (χ0v) is 13.8. The number of ketones is 1. The average molecular weight is 356 g/mol. The summed E-state index contributed by atoms with van der Waals surface area (Å²) in [6.07, 6.45) is 1.18. The lowest BCUT2D eigenvalue weighted by molar-refractivity contribution is 0.0990. The third kappa shape index (κ3) is 3.30. The third-order valence-corrected chi connectivity index (χ3v) is 3.97. The minimum atomic E-state index is 0.00792. The Bertz CT molecular complexity index is 637. The van der Waals surface area contributed by atoms with Crippen LogP contribution in [0.3, 0.4) is 0 Å². The Labute approximate surface area is 132 Å². The van der Waals surface area contributed by atoms with Gasteiger partial charge in [0.1, 0.15) is 0 Å². The molecule has 20 heavy (non-hydrogen) atoms. The number of Topliss-reactive ketones (excluding diaryl/α,β-unsaturated/α-hetero) is 1. The van der Waals surface area contributed by atoms with Gasteiger partial charge in [-0.3, -0.25) is 9.48 Å². The van der Waals surface area contributed by atoms with Crippen molar-refractivity contribution < 1.29 is 4.79 Å². The fraction of sp³-hybridized carbons (Fsp3) is 0.333. The highest BCUT2D eigenvalue weighted by atomic mass is 79.9. The number of carbonyl (C=O) groups is 1. The molecule has 0 aliphatic rings. The number of aromatic nitrogens is 2. The Balaban J connectivity index is 2.27. The van der Waals surface area contributed by atoms with E-state index in [0.717, 1.165) is 28.8 Å². The predicted molar refractivity (Wildman–Crippen MR) is 84.5 cm³/mol. The number of rotatable bonds is 5. The fourth-order valence-electron chi connectivity index (χ4n) is 2.07. The summed E-state index contributed by atoms with van der Waals surface area (Å²) in [5, 5.41) is 4.94. The minimum Gasteiger partial charge on any atom is -0.294 e. The lowest BCUT2D eigenvalue weighted by atomic mass is 10.1. The molecule has 0 saturated carbocycles. The molecule has 0 radical (unpaired) electrons. The first-order valence-corrected chi connectivity index (χ1v) is 7.76. The number of nitrogens with zero attached hydrogens (tertiary/aromatic N) is 2. The number of benzene rings is 1. The van der Waals surface area contributed by atoms with Crippen LogP contribution in [0.1, 0.15) is 35.6 Å². The van der Waals surface area contributed by atoms with E-state index in [1.165, 1.54) is 0 Å². The second-order valence-corrected chi connectivity index (χ2v) is 5.84. The van der Waals surface area contributed by atoms with Gasteiger partial charge in [-0.25, -0.2) is 0 Å². The topological polar surface area (TPSA) is 34.9 Å². The molecular formula is C15H16BrClN2O. The van der Waals surface area contributed by atoms with Gasteiger partial charge in [0.25, 0.3) is 0 Å². The average Bonchev–Trinajstić information content (AvgIpc) is 2.83. The van der Waals surface area contributed by atoms with Gasteiger partial charge in [0.2, 0.25) is 0 Å². The van der Waals surface area contributed by atoms with Crippen LogP contribution in [0.15, 0.2) is 28.7 Å². The van der Waals surface area contributed by atoms with Crippen LogP contribution in [0.25, 0.3) is 0 Å². The van der Waals surface area contributed by atoms with E-state index in [4.69, 9.17) is 11.6 Å². The molecule has 0 amide bonds. The maximum atomic E-state index is 12.4. The highest BCUT2D eigenvalue weighted by Gasteiger charge is 2.15. The Morgan fingerprint density at radius 1 is 1.35 bits per heavy atom. The predicted octanol–water partition coefficient (Wildman–Crippen LogP) is 4.31. The molecule has 0 aliphatic carbocycles. The molecule has 0 unspecified atom stereocenters. The largest absolute Gasteiger partial charge is 0.294 e. The first-order valence-electron chi connectivity index (χ1n) is 6.59. The van der Waals surface area contributed by atoms with Crippen molar-refractivity contribution >= 4 is 33.3 Å². The SMILES string of the molecule is CCc1cc(CC(=O)c2cc(Br)ccc2Cl)n(CC)n1. The smallest absolute Gasteiger partial charge is 0.170 e. The van der Waals surface area contributed by atoms with Crippen LogP contribution in [0, 0.1) is 0 Å². The van der Waals surface area contributed by atoms with Gasteiger partial charge in [0, 0.05) is 22.3 Å². The molecule has 5 heteroatoms. The number of halogens is 2. The summed E-state index contributed by atoms with van der Waals surface area (Å²) >= 11 is 9.46. The Hall–Kier alpha value is -1.13. The molecule has 0 fully saturated rings. The quantitative estimate of drug-likeness (QED) is 0.749. The molecule has 2 rings (SSSR count). The molecule has 0 aliphatic heterocycles. The minimum absolute atomic E-state index is 0.00792. The molecule has 0 saturated heterocycles. The van der Waals surface area contributed by atoms with Gasteiger partial charge in [0.05, 0.1) is 17.1 Å². The van der Waals surface area contributed by atoms with Gasteiger partial charge in [-0.05, 0) is 37.6 Å². The van der Waals surface area contributed by atoms with E-state index >= 15 is 0 Å². The summed E-state index contributed by atoms with van der Waals surface area (Å²) in [4.78, 5) is 12.4. The van der Waals surface area contributed by atoms with Crippen LogP contribution in [-0.2, 0) is 19.4 Å². The van der Waals surface area contributed by atoms with Crippen LogP contribution in [0.2, 0.25) is 5.02 Å². The zero-order chi connectivity index (χ0) is 14.7. The Morgan fingerprint density at radius 3 is 2.75 bits per heavy atom. The molecule has 0 atom stereocenters. The van der Waals surface area contributed by atoms with Crippen molar-refractivity contribution in [3.8, 4) is 0 Å². The van der Waals surface area contributed by atoms with E-state index in [9.17, 15) is 4.79 Å². The van der Waals surface area contributed by atoms with E-state index in [-0.39, 0.29) is 5.78 Å². The van der Waals surface area contributed by atoms with E-state index < -0.39 is 0 Å². The highest BCUT2D eigenvalue weighted by Crippen LogP contribution is 2.22. The lowest BCUT2D eigenvalue weighted by Gasteiger charge is -2.06. The van der Waals surface area contributed by atoms with Crippen molar-refractivity contribution in [1.29, 1.82) is 0 Å². The molecule has 0 spiro atoms. The first-order chi connectivity index (χ1) is 9.55. The van der Waals surface area contributed by atoms with E-state index in [0.29, 0.717) is 17.0 Å². The van der Waals surface area contributed by atoms with E-state index in [2.05, 4.69) is 28.0 Å². The molecule has 1 heterocycles. The van der Waals surface area contributed by atoms with Crippen molar-refractivity contribution in [2.75, 3.05) is 0 Å². The molecule has 2 aromatic rings. The zero-order valence-electron chi connectivity index (χ0n) is 11.5. The van der Waals surface area contributed by atoms with Crippen LogP contribution in [0.4, 0.5) is 0 Å². The van der Waals surface area contributed by atoms with Crippen LogP contribution < -0.4 is 0 Å². The van der Waals surface area contributed by atoms with Gasteiger partial charge in [-0.15, -0.1) is 0 Å². The summed E-state index contributed by atoms with van der Waals surface area (Å²) in [5.74, 6) is 0.00792.